The highest BCUT2D eigenvalue weighted by molar-refractivity contribution is 7.09. The molecule has 0 amide bonds. The van der Waals surface area contributed by atoms with Crippen LogP contribution in [0.4, 0.5) is 0 Å². The Balaban J connectivity index is 1.65. The van der Waals surface area contributed by atoms with Crippen molar-refractivity contribution in [2.24, 2.45) is 10.9 Å². The third-order valence-corrected chi connectivity index (χ3v) is 4.97. The van der Waals surface area contributed by atoms with Crippen LogP contribution in [0.5, 0.6) is 0 Å². The molecule has 0 aliphatic carbocycles. The maximum atomic E-state index is 5.81. The molecule has 0 saturated heterocycles. The molecule has 27 heavy (non-hydrogen) atoms. The highest BCUT2D eigenvalue weighted by atomic mass is 32.1. The van der Waals surface area contributed by atoms with Crippen molar-refractivity contribution in [2.45, 2.75) is 40.2 Å². The Kier molecular flexibility index (Phi) is 9.87. The summed E-state index contributed by atoms with van der Waals surface area (Å²) in [6.45, 7) is 10.2. The van der Waals surface area contributed by atoms with E-state index in [1.54, 1.807) is 11.3 Å². The van der Waals surface area contributed by atoms with Gasteiger partial charge in [0.1, 0.15) is 0 Å². The molecule has 1 aromatic heterocycles. The Morgan fingerprint density at radius 3 is 2.78 bits per heavy atom. The first-order valence-corrected chi connectivity index (χ1v) is 10.6. The van der Waals surface area contributed by atoms with Gasteiger partial charge in [0, 0.05) is 37.1 Å². The number of guanidine groups is 1. The van der Waals surface area contributed by atoms with Crippen LogP contribution in [0.1, 0.15) is 36.5 Å². The van der Waals surface area contributed by atoms with Crippen molar-refractivity contribution in [3.05, 3.63) is 52.0 Å². The molecule has 0 aliphatic rings. The molecule has 0 aliphatic heterocycles. The second-order valence-electron chi connectivity index (χ2n) is 6.74. The number of hydrogen-bond acceptors (Lipinski definition) is 4. The molecule has 2 N–H and O–H groups in total. The van der Waals surface area contributed by atoms with Crippen molar-refractivity contribution in [3.8, 4) is 0 Å². The smallest absolute Gasteiger partial charge is 0.191 e. The fourth-order valence-electron chi connectivity index (χ4n) is 2.56. The predicted molar refractivity (Wildman–Crippen MR) is 114 cm³/mol. The summed E-state index contributed by atoms with van der Waals surface area (Å²) >= 11 is 1.74. The van der Waals surface area contributed by atoms with Crippen LogP contribution in [0.2, 0.25) is 0 Å². The van der Waals surface area contributed by atoms with E-state index in [2.05, 4.69) is 52.0 Å². The summed E-state index contributed by atoms with van der Waals surface area (Å²) in [5, 5.41) is 10.0. The average Bonchev–Trinajstić information content (AvgIpc) is 3.09. The number of benzene rings is 1. The van der Waals surface area contributed by atoms with Gasteiger partial charge in [-0.2, -0.15) is 0 Å². The van der Waals surface area contributed by atoms with Crippen LogP contribution in [0, 0.1) is 12.8 Å². The zero-order valence-electron chi connectivity index (χ0n) is 16.7. The summed E-state index contributed by atoms with van der Waals surface area (Å²) in [6, 6.07) is 10.3. The molecule has 1 aromatic carbocycles. The molecule has 1 heterocycles. The van der Waals surface area contributed by atoms with E-state index in [0.29, 0.717) is 19.1 Å². The normalized spacial score (nSPS) is 12.8. The van der Waals surface area contributed by atoms with E-state index >= 15 is 0 Å². The Labute approximate surface area is 167 Å². The van der Waals surface area contributed by atoms with Crippen molar-refractivity contribution in [3.63, 3.8) is 0 Å². The molecule has 2 aromatic rings. The van der Waals surface area contributed by atoms with E-state index in [-0.39, 0.29) is 0 Å². The Morgan fingerprint density at radius 2 is 2.07 bits per heavy atom. The second kappa shape index (κ2) is 12.5. The highest BCUT2D eigenvalue weighted by Gasteiger charge is 2.04. The van der Waals surface area contributed by atoms with Gasteiger partial charge in [-0.1, -0.05) is 37.3 Å². The zero-order chi connectivity index (χ0) is 19.3. The summed E-state index contributed by atoms with van der Waals surface area (Å²) in [6.07, 6.45) is 2.06. The number of aliphatic imine (C=N–C) groups is 1. The topological polar surface area (TPSA) is 58.5 Å². The zero-order valence-corrected chi connectivity index (χ0v) is 17.5. The number of aryl methyl sites for hydroxylation is 2. The monoisotopic (exact) mass is 388 g/mol. The van der Waals surface area contributed by atoms with Crippen molar-refractivity contribution in [2.75, 3.05) is 26.2 Å². The van der Waals surface area contributed by atoms with Gasteiger partial charge in [-0.25, -0.2) is 4.98 Å². The van der Waals surface area contributed by atoms with E-state index in [1.807, 2.05) is 25.1 Å². The molecule has 0 bridgehead atoms. The van der Waals surface area contributed by atoms with Gasteiger partial charge in [-0.15, -0.1) is 11.3 Å². The maximum Gasteiger partial charge on any atom is 0.191 e. The summed E-state index contributed by atoms with van der Waals surface area (Å²) in [7, 11) is 0. The van der Waals surface area contributed by atoms with Crippen LogP contribution in [0.15, 0.2) is 40.7 Å². The van der Waals surface area contributed by atoms with Crippen LogP contribution in [-0.4, -0.2) is 37.2 Å². The van der Waals surface area contributed by atoms with Gasteiger partial charge in [-0.05, 0) is 31.7 Å². The van der Waals surface area contributed by atoms with Gasteiger partial charge >= 0.3 is 0 Å². The summed E-state index contributed by atoms with van der Waals surface area (Å²) in [5.41, 5.74) is 2.32. The molecular formula is C21H32N4OS. The number of thiazole rings is 1. The molecule has 0 saturated carbocycles. The summed E-state index contributed by atoms with van der Waals surface area (Å²) in [4.78, 5) is 9.19. The lowest BCUT2D eigenvalue weighted by atomic mass is 10.2. The van der Waals surface area contributed by atoms with Gasteiger partial charge < -0.3 is 15.4 Å². The molecular weight excluding hydrogens is 356 g/mol. The lowest BCUT2D eigenvalue weighted by Crippen LogP contribution is -2.38. The summed E-state index contributed by atoms with van der Waals surface area (Å²) in [5.74, 6) is 1.25. The molecule has 5 nitrogen and oxygen atoms in total. The van der Waals surface area contributed by atoms with Crippen molar-refractivity contribution in [1.29, 1.82) is 0 Å². The molecule has 1 unspecified atom stereocenters. The molecule has 0 fully saturated rings. The number of nitrogens with one attached hydrogen (secondary N) is 2. The standard InChI is InChI=1S/C21H32N4OS/c1-4-22-21(23-12-8-11-20-25-18(3)16-27-20)24-13-17(2)14-26-15-19-9-6-5-7-10-19/h5-7,9-10,16-17H,4,8,11-15H2,1-3H3,(H2,22,23,24). The third kappa shape index (κ3) is 9.02. The molecule has 148 valence electrons. The SMILES string of the molecule is CCNC(=NCC(C)COCc1ccccc1)NCCCc1nc(C)cs1. The van der Waals surface area contributed by atoms with Crippen molar-refractivity contribution in [1.82, 2.24) is 15.6 Å². The van der Waals surface area contributed by atoms with E-state index in [9.17, 15) is 0 Å². The van der Waals surface area contributed by atoms with Gasteiger partial charge in [0.2, 0.25) is 0 Å². The van der Waals surface area contributed by atoms with E-state index in [4.69, 9.17) is 4.74 Å². The number of nitrogens with zero attached hydrogens (tertiary/aromatic N) is 2. The maximum absolute atomic E-state index is 5.81. The van der Waals surface area contributed by atoms with E-state index in [1.165, 1.54) is 10.6 Å². The Morgan fingerprint density at radius 1 is 1.26 bits per heavy atom. The average molecular weight is 389 g/mol. The molecule has 0 radical (unpaired) electrons. The number of ether oxygens (including phenoxy) is 1. The first kappa shape index (κ1) is 21.4. The number of rotatable bonds is 11. The van der Waals surface area contributed by atoms with Gasteiger partial charge in [0.15, 0.2) is 5.96 Å². The highest BCUT2D eigenvalue weighted by Crippen LogP contribution is 2.10. The van der Waals surface area contributed by atoms with Crippen LogP contribution < -0.4 is 10.6 Å². The van der Waals surface area contributed by atoms with E-state index < -0.39 is 0 Å². The molecule has 0 spiro atoms. The fraction of sp³-hybridized carbons (Fsp3) is 0.524. The third-order valence-electron chi connectivity index (χ3n) is 3.95. The Bertz CT molecular complexity index is 672. The minimum atomic E-state index is 0.377. The molecule has 2 rings (SSSR count). The predicted octanol–water partition coefficient (Wildman–Crippen LogP) is 3.79. The molecule has 6 heteroatoms. The second-order valence-corrected chi connectivity index (χ2v) is 7.68. The molecule has 1 atom stereocenters. The lowest BCUT2D eigenvalue weighted by molar-refractivity contribution is 0.0945. The van der Waals surface area contributed by atoms with Crippen LogP contribution in [0.25, 0.3) is 0 Å². The van der Waals surface area contributed by atoms with Gasteiger partial charge in [-0.3, -0.25) is 4.99 Å². The number of hydrogen-bond donors (Lipinski definition) is 2. The van der Waals surface area contributed by atoms with Crippen LogP contribution in [-0.2, 0) is 17.8 Å². The quantitative estimate of drug-likeness (QED) is 0.349. The lowest BCUT2D eigenvalue weighted by Gasteiger charge is -2.13. The van der Waals surface area contributed by atoms with Crippen LogP contribution >= 0.6 is 11.3 Å². The van der Waals surface area contributed by atoms with Gasteiger partial charge in [0.25, 0.3) is 0 Å². The minimum absolute atomic E-state index is 0.377. The van der Waals surface area contributed by atoms with Crippen LogP contribution in [0.3, 0.4) is 0 Å². The summed E-state index contributed by atoms with van der Waals surface area (Å²) < 4.78 is 5.81. The largest absolute Gasteiger partial charge is 0.376 e. The fourth-order valence-corrected chi connectivity index (χ4v) is 3.38. The Hall–Kier alpha value is -1.92. The van der Waals surface area contributed by atoms with Crippen molar-refractivity contribution >= 4 is 17.3 Å². The van der Waals surface area contributed by atoms with Gasteiger partial charge in [0.05, 0.1) is 18.2 Å². The first-order chi connectivity index (χ1) is 13.2. The van der Waals surface area contributed by atoms with E-state index in [0.717, 1.165) is 44.1 Å². The first-order valence-electron chi connectivity index (χ1n) is 9.72. The van der Waals surface area contributed by atoms with Crippen molar-refractivity contribution < 1.29 is 4.74 Å². The minimum Gasteiger partial charge on any atom is -0.376 e. The number of aromatic nitrogens is 1.